The number of ether oxygens (including phenoxy) is 1. The predicted octanol–water partition coefficient (Wildman–Crippen LogP) is 3.60. The average molecular weight is 331 g/mol. The molecular weight excluding hydrogens is 312 g/mol. The number of nitrogens with one attached hydrogen (secondary N) is 1. The zero-order valence-electron chi connectivity index (χ0n) is 13.2. The maximum Gasteiger partial charge on any atom is 0.231 e. The molecule has 120 valence electrons. The van der Waals surface area contributed by atoms with Gasteiger partial charge in [0.25, 0.3) is 0 Å². The number of benzene rings is 2. The van der Waals surface area contributed by atoms with Gasteiger partial charge in [-0.2, -0.15) is 0 Å². The number of amides is 1. The quantitative estimate of drug-likeness (QED) is 0.935. The number of nitrogens with zero attached hydrogens (tertiary/aromatic N) is 1. The number of carbonyl (C=O) groups excluding carboxylic acids is 1. The summed E-state index contributed by atoms with van der Waals surface area (Å²) in [5.74, 6) is 0.608. The predicted molar refractivity (Wildman–Crippen MR) is 93.5 cm³/mol. The van der Waals surface area contributed by atoms with Crippen LogP contribution in [0.25, 0.3) is 0 Å². The van der Waals surface area contributed by atoms with Gasteiger partial charge in [-0.25, -0.2) is 0 Å². The zero-order valence-corrected chi connectivity index (χ0v) is 13.9. The van der Waals surface area contributed by atoms with Crippen LogP contribution in [0.3, 0.4) is 0 Å². The minimum atomic E-state index is -0.209. The van der Waals surface area contributed by atoms with Crippen LogP contribution in [0.1, 0.15) is 5.56 Å². The summed E-state index contributed by atoms with van der Waals surface area (Å²) in [6.45, 7) is 0.390. The minimum absolute atomic E-state index is 0.0510. The van der Waals surface area contributed by atoms with E-state index in [0.717, 1.165) is 17.0 Å². The molecule has 2 aromatic carbocycles. The topological polar surface area (TPSA) is 41.6 Å². The van der Waals surface area contributed by atoms with Crippen LogP contribution >= 0.6 is 11.6 Å². The standard InChI is InChI=1S/C18H19ClN2O2/c1-21(2)17-14(19)7-5-8-15(17)20-18(22)13-10-12-6-3-4-9-16(12)23-11-13/h3-9,13H,10-11H2,1-2H3,(H,20,22). The summed E-state index contributed by atoms with van der Waals surface area (Å²) < 4.78 is 5.70. The van der Waals surface area contributed by atoms with Gasteiger partial charge >= 0.3 is 0 Å². The molecule has 1 heterocycles. The van der Waals surface area contributed by atoms with Crippen molar-refractivity contribution in [3.63, 3.8) is 0 Å². The van der Waals surface area contributed by atoms with Crippen LogP contribution in [0.5, 0.6) is 5.75 Å². The Morgan fingerprint density at radius 1 is 1.22 bits per heavy atom. The zero-order chi connectivity index (χ0) is 16.4. The van der Waals surface area contributed by atoms with Crippen molar-refractivity contribution in [1.29, 1.82) is 0 Å². The third-order valence-corrected chi connectivity index (χ3v) is 4.25. The average Bonchev–Trinajstić information content (AvgIpc) is 2.54. The second-order valence-electron chi connectivity index (χ2n) is 5.84. The first-order chi connectivity index (χ1) is 11.1. The third kappa shape index (κ3) is 3.27. The van der Waals surface area contributed by atoms with Crippen molar-refractivity contribution in [3.05, 3.63) is 53.1 Å². The summed E-state index contributed by atoms with van der Waals surface area (Å²) in [5, 5.41) is 3.60. The van der Waals surface area contributed by atoms with Gasteiger partial charge in [-0.05, 0) is 30.2 Å². The molecule has 0 saturated heterocycles. The maximum atomic E-state index is 12.6. The van der Waals surface area contributed by atoms with Gasteiger partial charge in [0.2, 0.25) is 5.91 Å². The largest absolute Gasteiger partial charge is 0.492 e. The Hall–Kier alpha value is -2.20. The van der Waals surface area contributed by atoms with Gasteiger partial charge in [0.1, 0.15) is 12.4 Å². The van der Waals surface area contributed by atoms with E-state index in [1.54, 1.807) is 0 Å². The van der Waals surface area contributed by atoms with Gasteiger partial charge in [0, 0.05) is 14.1 Å². The van der Waals surface area contributed by atoms with Crippen molar-refractivity contribution in [2.24, 2.45) is 5.92 Å². The number of hydrogen-bond donors (Lipinski definition) is 1. The van der Waals surface area contributed by atoms with E-state index in [1.165, 1.54) is 0 Å². The number of rotatable bonds is 3. The molecule has 0 saturated carbocycles. The Kier molecular flexibility index (Phi) is 4.44. The summed E-state index contributed by atoms with van der Waals surface area (Å²) >= 11 is 6.24. The number of para-hydroxylation sites is 2. The van der Waals surface area contributed by atoms with Gasteiger partial charge < -0.3 is 15.0 Å². The lowest BCUT2D eigenvalue weighted by atomic mass is 9.96. The molecule has 1 N–H and O–H groups in total. The molecule has 1 atom stereocenters. The van der Waals surface area contributed by atoms with Gasteiger partial charge in [-0.3, -0.25) is 4.79 Å². The Morgan fingerprint density at radius 2 is 2.00 bits per heavy atom. The van der Waals surface area contributed by atoms with E-state index in [1.807, 2.05) is 61.5 Å². The fraction of sp³-hybridized carbons (Fsp3) is 0.278. The molecule has 0 bridgehead atoms. The van der Waals surface area contributed by atoms with Crippen molar-refractivity contribution in [1.82, 2.24) is 0 Å². The van der Waals surface area contributed by atoms with Gasteiger partial charge in [0.15, 0.2) is 0 Å². The Labute approximate surface area is 141 Å². The van der Waals surface area contributed by atoms with E-state index in [-0.39, 0.29) is 11.8 Å². The molecule has 1 unspecified atom stereocenters. The number of hydrogen-bond acceptors (Lipinski definition) is 3. The lowest BCUT2D eigenvalue weighted by Gasteiger charge is -2.26. The highest BCUT2D eigenvalue weighted by molar-refractivity contribution is 6.34. The lowest BCUT2D eigenvalue weighted by molar-refractivity contribution is -0.121. The SMILES string of the molecule is CN(C)c1c(Cl)cccc1NC(=O)C1COc2ccccc2C1. The summed E-state index contributed by atoms with van der Waals surface area (Å²) in [6, 6.07) is 13.3. The normalized spacial score (nSPS) is 16.2. The fourth-order valence-electron chi connectivity index (χ4n) is 2.80. The van der Waals surface area contributed by atoms with Gasteiger partial charge in [-0.1, -0.05) is 35.9 Å². The number of anilines is 2. The number of halogens is 1. The molecule has 4 nitrogen and oxygen atoms in total. The van der Waals surface area contributed by atoms with E-state index in [2.05, 4.69) is 5.32 Å². The minimum Gasteiger partial charge on any atom is -0.492 e. The van der Waals surface area contributed by atoms with Crippen molar-refractivity contribution in [2.75, 3.05) is 30.9 Å². The van der Waals surface area contributed by atoms with Crippen molar-refractivity contribution >= 4 is 28.9 Å². The molecule has 0 radical (unpaired) electrons. The molecule has 0 aliphatic carbocycles. The van der Waals surface area contributed by atoms with Crippen LogP contribution in [-0.2, 0) is 11.2 Å². The number of carbonyl (C=O) groups is 1. The second-order valence-corrected chi connectivity index (χ2v) is 6.25. The smallest absolute Gasteiger partial charge is 0.231 e. The highest BCUT2D eigenvalue weighted by Gasteiger charge is 2.26. The van der Waals surface area contributed by atoms with E-state index in [9.17, 15) is 4.79 Å². The van der Waals surface area contributed by atoms with E-state index >= 15 is 0 Å². The van der Waals surface area contributed by atoms with Crippen LogP contribution in [0.2, 0.25) is 5.02 Å². The first-order valence-electron chi connectivity index (χ1n) is 7.53. The molecule has 23 heavy (non-hydrogen) atoms. The molecule has 5 heteroatoms. The summed E-state index contributed by atoms with van der Waals surface area (Å²) in [5.41, 5.74) is 2.59. The van der Waals surface area contributed by atoms with Crippen LogP contribution in [0.4, 0.5) is 11.4 Å². The Bertz CT molecular complexity index is 731. The molecule has 0 fully saturated rings. The molecule has 0 aromatic heterocycles. The fourth-order valence-corrected chi connectivity index (χ4v) is 3.15. The van der Waals surface area contributed by atoms with E-state index in [0.29, 0.717) is 23.7 Å². The van der Waals surface area contributed by atoms with E-state index < -0.39 is 0 Å². The summed E-state index contributed by atoms with van der Waals surface area (Å²) in [4.78, 5) is 14.5. The highest BCUT2D eigenvalue weighted by Crippen LogP contribution is 2.33. The molecule has 1 amide bonds. The first kappa shape index (κ1) is 15.7. The summed E-state index contributed by atoms with van der Waals surface area (Å²) in [6.07, 6.45) is 0.680. The molecule has 1 aliphatic rings. The summed E-state index contributed by atoms with van der Waals surface area (Å²) in [7, 11) is 3.80. The molecule has 1 aliphatic heterocycles. The van der Waals surface area contributed by atoms with Crippen molar-refractivity contribution < 1.29 is 9.53 Å². The first-order valence-corrected chi connectivity index (χ1v) is 7.91. The lowest BCUT2D eigenvalue weighted by Crippen LogP contribution is -2.33. The molecular formula is C18H19ClN2O2. The Morgan fingerprint density at radius 3 is 2.78 bits per heavy atom. The van der Waals surface area contributed by atoms with Crippen LogP contribution < -0.4 is 15.0 Å². The third-order valence-electron chi connectivity index (χ3n) is 3.94. The molecule has 3 rings (SSSR count). The van der Waals surface area contributed by atoms with Crippen LogP contribution in [-0.4, -0.2) is 26.6 Å². The van der Waals surface area contributed by atoms with Gasteiger partial charge in [0.05, 0.1) is 22.3 Å². The maximum absolute atomic E-state index is 12.6. The number of fused-ring (bicyclic) bond motifs is 1. The van der Waals surface area contributed by atoms with Crippen molar-refractivity contribution in [3.8, 4) is 5.75 Å². The Balaban J connectivity index is 1.77. The molecule has 0 spiro atoms. The van der Waals surface area contributed by atoms with Crippen LogP contribution in [0.15, 0.2) is 42.5 Å². The molecule has 2 aromatic rings. The monoisotopic (exact) mass is 330 g/mol. The highest BCUT2D eigenvalue weighted by atomic mass is 35.5. The van der Waals surface area contributed by atoms with Gasteiger partial charge in [-0.15, -0.1) is 0 Å². The van der Waals surface area contributed by atoms with Crippen molar-refractivity contribution in [2.45, 2.75) is 6.42 Å². The second kappa shape index (κ2) is 6.50. The van der Waals surface area contributed by atoms with Crippen LogP contribution in [0, 0.1) is 5.92 Å². The van der Waals surface area contributed by atoms with E-state index in [4.69, 9.17) is 16.3 Å².